The van der Waals surface area contributed by atoms with Crippen LogP contribution < -0.4 is 4.90 Å². The second-order valence-corrected chi connectivity index (χ2v) is 8.82. The summed E-state index contributed by atoms with van der Waals surface area (Å²) in [7, 11) is -3.22. The Morgan fingerprint density at radius 3 is 2.78 bits per heavy atom. The molecule has 0 atom stereocenters. The maximum absolute atomic E-state index is 12.5. The Labute approximate surface area is 139 Å². The van der Waals surface area contributed by atoms with Crippen LogP contribution in [0.1, 0.15) is 11.1 Å². The molecule has 0 bridgehead atoms. The van der Waals surface area contributed by atoms with Crippen molar-refractivity contribution in [2.24, 2.45) is 0 Å². The van der Waals surface area contributed by atoms with Crippen LogP contribution in [0.3, 0.4) is 0 Å². The van der Waals surface area contributed by atoms with E-state index in [1.54, 1.807) is 23.5 Å². The van der Waals surface area contributed by atoms with Gasteiger partial charge in [0.1, 0.15) is 0 Å². The molecule has 4 rings (SSSR count). The van der Waals surface area contributed by atoms with Crippen LogP contribution >= 0.6 is 11.3 Å². The molecule has 2 aromatic carbocycles. The number of anilines is 1. The fourth-order valence-corrected chi connectivity index (χ4v) is 5.49. The van der Waals surface area contributed by atoms with Crippen LogP contribution in [0.4, 0.5) is 5.13 Å². The first kappa shape index (κ1) is 14.7. The molecule has 4 nitrogen and oxygen atoms in total. The Morgan fingerprint density at radius 2 is 1.96 bits per heavy atom. The van der Waals surface area contributed by atoms with Gasteiger partial charge in [0.2, 0.25) is 0 Å². The van der Waals surface area contributed by atoms with Crippen LogP contribution in [-0.2, 0) is 16.4 Å². The lowest BCUT2D eigenvalue weighted by molar-refractivity contribution is 0.596. The Kier molecular flexibility index (Phi) is 3.39. The molecule has 0 saturated carbocycles. The minimum atomic E-state index is -3.22. The molecule has 0 saturated heterocycles. The molecule has 0 N–H and O–H groups in total. The Morgan fingerprint density at radius 1 is 1.13 bits per heavy atom. The van der Waals surface area contributed by atoms with Crippen LogP contribution in [0, 0.1) is 6.92 Å². The predicted octanol–water partition coefficient (Wildman–Crippen LogP) is 3.40. The maximum Gasteiger partial charge on any atom is 0.186 e. The molecular formula is C17H16N2O2S2. The van der Waals surface area contributed by atoms with Gasteiger partial charge < -0.3 is 4.90 Å². The van der Waals surface area contributed by atoms with E-state index >= 15 is 0 Å². The fourth-order valence-electron chi connectivity index (χ4n) is 2.94. The number of sulfone groups is 1. The lowest BCUT2D eigenvalue weighted by Gasteiger charge is -2.18. The van der Waals surface area contributed by atoms with Gasteiger partial charge in [-0.15, -0.1) is 0 Å². The van der Waals surface area contributed by atoms with Gasteiger partial charge in [-0.25, -0.2) is 13.4 Å². The van der Waals surface area contributed by atoms with Gasteiger partial charge in [-0.3, -0.25) is 0 Å². The van der Waals surface area contributed by atoms with Crippen molar-refractivity contribution in [2.45, 2.75) is 18.4 Å². The Hall–Kier alpha value is -1.92. The van der Waals surface area contributed by atoms with Crippen LogP contribution in [0.5, 0.6) is 0 Å². The summed E-state index contributed by atoms with van der Waals surface area (Å²) in [6.07, 6.45) is 0. The number of fused-ring (bicyclic) bond motifs is 2. The van der Waals surface area contributed by atoms with Crippen molar-refractivity contribution in [1.82, 2.24) is 4.98 Å². The highest BCUT2D eigenvalue weighted by molar-refractivity contribution is 7.91. The van der Waals surface area contributed by atoms with Crippen LogP contribution in [-0.4, -0.2) is 25.7 Å². The fraction of sp³-hybridized carbons (Fsp3) is 0.235. The summed E-state index contributed by atoms with van der Waals surface area (Å²) < 4.78 is 26.1. The van der Waals surface area contributed by atoms with Gasteiger partial charge in [0.25, 0.3) is 0 Å². The van der Waals surface area contributed by atoms with E-state index in [2.05, 4.69) is 17.9 Å². The van der Waals surface area contributed by atoms with E-state index < -0.39 is 9.84 Å². The van der Waals surface area contributed by atoms with Gasteiger partial charge in [0.05, 0.1) is 20.9 Å². The number of hydrogen-bond acceptors (Lipinski definition) is 5. The third kappa shape index (κ3) is 2.52. The van der Waals surface area contributed by atoms with E-state index in [-0.39, 0.29) is 5.75 Å². The zero-order valence-electron chi connectivity index (χ0n) is 12.7. The molecule has 118 valence electrons. The maximum atomic E-state index is 12.5. The third-order valence-corrected chi connectivity index (χ3v) is 7.23. The first-order valence-corrected chi connectivity index (χ1v) is 9.93. The Balaban J connectivity index is 1.80. The van der Waals surface area contributed by atoms with E-state index in [4.69, 9.17) is 4.98 Å². The summed E-state index contributed by atoms with van der Waals surface area (Å²) in [6.45, 7) is 3.12. The number of benzene rings is 2. The molecule has 0 fully saturated rings. The van der Waals surface area contributed by atoms with Crippen LogP contribution in [0.25, 0.3) is 10.2 Å². The number of thiazole rings is 1. The van der Waals surface area contributed by atoms with Gasteiger partial charge in [0.15, 0.2) is 15.0 Å². The summed E-state index contributed by atoms with van der Waals surface area (Å²) in [4.78, 5) is 7.24. The van der Waals surface area contributed by atoms with Crippen molar-refractivity contribution in [3.05, 3.63) is 53.6 Å². The van der Waals surface area contributed by atoms with Crippen molar-refractivity contribution < 1.29 is 8.42 Å². The second-order valence-electron chi connectivity index (χ2n) is 5.77. The van der Waals surface area contributed by atoms with E-state index in [9.17, 15) is 8.42 Å². The average Bonchev–Trinajstić information content (AvgIpc) is 2.91. The molecule has 0 spiro atoms. The minimum absolute atomic E-state index is 0.124. The number of nitrogens with zero attached hydrogens (tertiary/aromatic N) is 2. The van der Waals surface area contributed by atoms with Crippen molar-refractivity contribution in [2.75, 3.05) is 17.2 Å². The molecule has 3 aromatic rings. The zero-order valence-corrected chi connectivity index (χ0v) is 14.3. The number of hydrogen-bond donors (Lipinski definition) is 0. The van der Waals surface area contributed by atoms with Gasteiger partial charge in [-0.1, -0.05) is 41.7 Å². The molecule has 2 heterocycles. The summed E-state index contributed by atoms with van der Waals surface area (Å²) >= 11 is 1.63. The van der Waals surface area contributed by atoms with Crippen molar-refractivity contribution in [3.8, 4) is 0 Å². The SMILES string of the molecule is Cc1cccc2nc(N3CCS(=O)(=O)c4ccccc4C3)sc12. The van der Waals surface area contributed by atoms with E-state index in [0.29, 0.717) is 18.0 Å². The van der Waals surface area contributed by atoms with E-state index in [1.807, 2.05) is 24.3 Å². The normalized spacial score (nSPS) is 17.0. The molecule has 23 heavy (non-hydrogen) atoms. The lowest BCUT2D eigenvalue weighted by Crippen LogP contribution is -2.25. The van der Waals surface area contributed by atoms with Crippen molar-refractivity contribution >= 4 is 36.5 Å². The van der Waals surface area contributed by atoms with Gasteiger partial charge in [-0.05, 0) is 30.2 Å². The smallest absolute Gasteiger partial charge is 0.186 e. The highest BCUT2D eigenvalue weighted by Crippen LogP contribution is 2.33. The predicted molar refractivity (Wildman–Crippen MR) is 93.9 cm³/mol. The summed E-state index contributed by atoms with van der Waals surface area (Å²) in [6, 6.07) is 13.4. The van der Waals surface area contributed by atoms with Crippen molar-refractivity contribution in [1.29, 1.82) is 0 Å². The lowest BCUT2D eigenvalue weighted by atomic mass is 10.2. The molecule has 0 radical (unpaired) electrons. The average molecular weight is 344 g/mol. The molecule has 0 unspecified atom stereocenters. The standard InChI is InChI=1S/C17H16N2O2S2/c1-12-5-4-7-14-16(12)22-17(18-14)19-9-10-23(20,21)15-8-3-2-6-13(15)11-19/h2-8H,9-11H2,1H3. The van der Waals surface area contributed by atoms with Gasteiger partial charge in [-0.2, -0.15) is 0 Å². The van der Waals surface area contributed by atoms with Crippen LogP contribution in [0.2, 0.25) is 0 Å². The molecule has 0 amide bonds. The molecule has 6 heteroatoms. The largest absolute Gasteiger partial charge is 0.343 e. The molecule has 1 aromatic heterocycles. The van der Waals surface area contributed by atoms with Crippen molar-refractivity contribution in [3.63, 3.8) is 0 Å². The van der Waals surface area contributed by atoms with E-state index in [0.717, 1.165) is 16.2 Å². The highest BCUT2D eigenvalue weighted by atomic mass is 32.2. The van der Waals surface area contributed by atoms with Crippen LogP contribution in [0.15, 0.2) is 47.4 Å². The monoisotopic (exact) mass is 344 g/mol. The molecule has 1 aliphatic rings. The molecule has 0 aliphatic carbocycles. The summed E-state index contributed by atoms with van der Waals surface area (Å²) in [5, 5.41) is 0.890. The summed E-state index contributed by atoms with van der Waals surface area (Å²) in [5.41, 5.74) is 3.03. The molecular weight excluding hydrogens is 328 g/mol. The zero-order chi connectivity index (χ0) is 16.0. The quantitative estimate of drug-likeness (QED) is 0.679. The Bertz CT molecular complexity index is 993. The number of aryl methyl sites for hydroxylation is 1. The summed E-state index contributed by atoms with van der Waals surface area (Å²) in [5.74, 6) is 0.124. The third-order valence-electron chi connectivity index (χ3n) is 4.17. The van der Waals surface area contributed by atoms with E-state index in [1.165, 1.54) is 10.3 Å². The van der Waals surface area contributed by atoms with Gasteiger partial charge in [0, 0.05) is 13.1 Å². The molecule has 1 aliphatic heterocycles. The first-order chi connectivity index (χ1) is 11.0. The second kappa shape index (κ2) is 5.32. The minimum Gasteiger partial charge on any atom is -0.343 e. The number of aromatic nitrogens is 1. The topological polar surface area (TPSA) is 50.3 Å². The van der Waals surface area contributed by atoms with Gasteiger partial charge >= 0.3 is 0 Å². The first-order valence-electron chi connectivity index (χ1n) is 7.46. The highest BCUT2D eigenvalue weighted by Gasteiger charge is 2.26. The number of rotatable bonds is 1.